The van der Waals surface area contributed by atoms with E-state index in [4.69, 9.17) is 0 Å². The molecular formula is C17H24N2O. The lowest BCUT2D eigenvalue weighted by Crippen LogP contribution is -2.45. The van der Waals surface area contributed by atoms with Crippen LogP contribution in [-0.4, -0.2) is 32.5 Å². The van der Waals surface area contributed by atoms with Crippen molar-refractivity contribution in [3.63, 3.8) is 0 Å². The Labute approximate surface area is 121 Å². The van der Waals surface area contributed by atoms with Gasteiger partial charge >= 0.3 is 0 Å². The summed E-state index contributed by atoms with van der Waals surface area (Å²) in [6.07, 6.45) is 2.43. The molecule has 1 heterocycles. The highest BCUT2D eigenvalue weighted by molar-refractivity contribution is 5.75. The SMILES string of the molecule is C=C(C)C(CCC=O)N1CCN(C)c2cc(C)ccc21. The van der Waals surface area contributed by atoms with Crippen LogP contribution in [0, 0.1) is 6.92 Å². The fourth-order valence-corrected chi connectivity index (χ4v) is 2.90. The normalized spacial score (nSPS) is 15.8. The number of benzene rings is 1. The number of likely N-dealkylation sites (N-methyl/N-ethyl adjacent to an activating group) is 1. The van der Waals surface area contributed by atoms with E-state index in [1.165, 1.54) is 16.9 Å². The second-order valence-electron chi connectivity index (χ2n) is 5.71. The van der Waals surface area contributed by atoms with Crippen molar-refractivity contribution in [3.05, 3.63) is 35.9 Å². The molecule has 3 nitrogen and oxygen atoms in total. The number of carbonyl (C=O) groups excluding carboxylic acids is 1. The summed E-state index contributed by atoms with van der Waals surface area (Å²) in [4.78, 5) is 15.4. The number of hydrogen-bond acceptors (Lipinski definition) is 3. The van der Waals surface area contributed by atoms with Gasteiger partial charge in [-0.25, -0.2) is 0 Å². The van der Waals surface area contributed by atoms with Crippen molar-refractivity contribution in [1.82, 2.24) is 0 Å². The Bertz CT molecular complexity index is 510. The summed E-state index contributed by atoms with van der Waals surface area (Å²) in [5.41, 5.74) is 4.93. The van der Waals surface area contributed by atoms with Gasteiger partial charge in [0.2, 0.25) is 0 Å². The maximum atomic E-state index is 10.7. The predicted octanol–water partition coefficient (Wildman–Crippen LogP) is 3.18. The molecule has 2 rings (SSSR count). The first kappa shape index (κ1) is 14.6. The van der Waals surface area contributed by atoms with Crippen LogP contribution >= 0.6 is 0 Å². The minimum Gasteiger partial charge on any atom is -0.371 e. The molecule has 108 valence electrons. The maximum Gasteiger partial charge on any atom is 0.120 e. The van der Waals surface area contributed by atoms with Crippen LogP contribution in [0.15, 0.2) is 30.4 Å². The molecule has 0 bridgehead atoms. The highest BCUT2D eigenvalue weighted by Gasteiger charge is 2.26. The summed E-state index contributed by atoms with van der Waals surface area (Å²) in [7, 11) is 2.14. The lowest BCUT2D eigenvalue weighted by molar-refractivity contribution is -0.107. The summed E-state index contributed by atoms with van der Waals surface area (Å²) < 4.78 is 0. The highest BCUT2D eigenvalue weighted by Crippen LogP contribution is 2.36. The van der Waals surface area contributed by atoms with E-state index in [0.717, 1.165) is 31.4 Å². The second kappa shape index (κ2) is 6.12. The fraction of sp³-hybridized carbons (Fsp3) is 0.471. The Hall–Kier alpha value is -1.77. The van der Waals surface area contributed by atoms with E-state index < -0.39 is 0 Å². The van der Waals surface area contributed by atoms with Crippen LogP contribution in [0.3, 0.4) is 0 Å². The van der Waals surface area contributed by atoms with Crippen molar-refractivity contribution in [3.8, 4) is 0 Å². The topological polar surface area (TPSA) is 23.6 Å². The van der Waals surface area contributed by atoms with Gasteiger partial charge in [-0.15, -0.1) is 0 Å². The van der Waals surface area contributed by atoms with E-state index in [0.29, 0.717) is 6.42 Å². The Balaban J connectivity index is 2.35. The largest absolute Gasteiger partial charge is 0.371 e. The average molecular weight is 272 g/mol. The minimum absolute atomic E-state index is 0.246. The Morgan fingerprint density at radius 1 is 1.40 bits per heavy atom. The highest BCUT2D eigenvalue weighted by atomic mass is 16.1. The molecule has 1 atom stereocenters. The third kappa shape index (κ3) is 2.87. The first-order chi connectivity index (χ1) is 9.54. The van der Waals surface area contributed by atoms with Gasteiger partial charge in [-0.2, -0.15) is 0 Å². The number of hydrogen-bond donors (Lipinski definition) is 0. The molecule has 0 saturated carbocycles. The van der Waals surface area contributed by atoms with E-state index in [-0.39, 0.29) is 6.04 Å². The van der Waals surface area contributed by atoms with Crippen molar-refractivity contribution in [2.75, 3.05) is 29.9 Å². The zero-order valence-electron chi connectivity index (χ0n) is 12.7. The molecule has 0 saturated heterocycles. The number of carbonyl (C=O) groups is 1. The molecule has 0 spiro atoms. The number of fused-ring (bicyclic) bond motifs is 1. The smallest absolute Gasteiger partial charge is 0.120 e. The first-order valence-electron chi connectivity index (χ1n) is 7.22. The monoisotopic (exact) mass is 272 g/mol. The standard InChI is InChI=1S/C17H24N2O/c1-13(2)15(6-5-11-20)19-10-9-18(4)17-12-14(3)7-8-16(17)19/h7-8,11-12,15H,1,5-6,9-10H2,2-4H3. The maximum absolute atomic E-state index is 10.7. The van der Waals surface area contributed by atoms with Crippen LogP contribution in [0.4, 0.5) is 11.4 Å². The zero-order valence-corrected chi connectivity index (χ0v) is 12.7. The lowest BCUT2D eigenvalue weighted by atomic mass is 10.00. The van der Waals surface area contributed by atoms with Crippen LogP contribution in [-0.2, 0) is 4.79 Å². The minimum atomic E-state index is 0.246. The molecule has 1 aromatic rings. The molecule has 0 fully saturated rings. The molecule has 3 heteroatoms. The van der Waals surface area contributed by atoms with E-state index >= 15 is 0 Å². The molecule has 0 radical (unpaired) electrons. The van der Waals surface area contributed by atoms with Gasteiger partial charge in [0.05, 0.1) is 17.4 Å². The molecular weight excluding hydrogens is 248 g/mol. The number of aryl methyl sites for hydroxylation is 1. The van der Waals surface area contributed by atoms with Crippen molar-refractivity contribution in [2.24, 2.45) is 0 Å². The molecule has 1 aliphatic heterocycles. The van der Waals surface area contributed by atoms with Gasteiger partial charge in [-0.05, 0) is 38.0 Å². The lowest BCUT2D eigenvalue weighted by Gasteiger charge is -2.42. The third-order valence-electron chi connectivity index (χ3n) is 4.03. The van der Waals surface area contributed by atoms with Crippen LogP contribution in [0.25, 0.3) is 0 Å². The molecule has 1 aliphatic rings. The molecule has 1 unspecified atom stereocenters. The Kier molecular flexibility index (Phi) is 4.48. The summed E-state index contributed by atoms with van der Waals surface area (Å²) in [6, 6.07) is 6.82. The van der Waals surface area contributed by atoms with Crippen molar-refractivity contribution >= 4 is 17.7 Å². The Morgan fingerprint density at radius 3 is 2.80 bits per heavy atom. The molecule has 1 aromatic carbocycles. The van der Waals surface area contributed by atoms with Crippen LogP contribution in [0.2, 0.25) is 0 Å². The van der Waals surface area contributed by atoms with E-state index in [1.807, 2.05) is 0 Å². The Morgan fingerprint density at radius 2 is 2.15 bits per heavy atom. The number of rotatable bonds is 5. The van der Waals surface area contributed by atoms with Crippen LogP contribution in [0.5, 0.6) is 0 Å². The van der Waals surface area contributed by atoms with Crippen LogP contribution < -0.4 is 9.80 Å². The van der Waals surface area contributed by atoms with Crippen molar-refractivity contribution in [2.45, 2.75) is 32.7 Å². The average Bonchev–Trinajstić information content (AvgIpc) is 2.41. The number of anilines is 2. The predicted molar refractivity (Wildman–Crippen MR) is 85.7 cm³/mol. The molecule has 0 amide bonds. The molecule has 0 aromatic heterocycles. The van der Waals surface area contributed by atoms with Crippen molar-refractivity contribution in [1.29, 1.82) is 0 Å². The summed E-state index contributed by atoms with van der Waals surface area (Å²) in [5.74, 6) is 0. The van der Waals surface area contributed by atoms with E-state index in [1.54, 1.807) is 0 Å². The number of aldehydes is 1. The third-order valence-corrected chi connectivity index (χ3v) is 4.03. The van der Waals surface area contributed by atoms with Gasteiger partial charge in [0.15, 0.2) is 0 Å². The van der Waals surface area contributed by atoms with E-state index in [9.17, 15) is 4.79 Å². The van der Waals surface area contributed by atoms with Gasteiger partial charge in [0.1, 0.15) is 6.29 Å². The fourth-order valence-electron chi connectivity index (χ4n) is 2.90. The van der Waals surface area contributed by atoms with Gasteiger partial charge in [0, 0.05) is 26.6 Å². The summed E-state index contributed by atoms with van der Waals surface area (Å²) >= 11 is 0. The quantitative estimate of drug-likeness (QED) is 0.607. The summed E-state index contributed by atoms with van der Waals surface area (Å²) in [6.45, 7) is 10.3. The zero-order chi connectivity index (χ0) is 14.7. The molecule has 0 N–H and O–H groups in total. The van der Waals surface area contributed by atoms with Gasteiger partial charge in [0.25, 0.3) is 0 Å². The number of nitrogens with zero attached hydrogens (tertiary/aromatic N) is 2. The van der Waals surface area contributed by atoms with Crippen molar-refractivity contribution < 1.29 is 4.79 Å². The van der Waals surface area contributed by atoms with Gasteiger partial charge < -0.3 is 14.6 Å². The van der Waals surface area contributed by atoms with Gasteiger partial charge in [-0.3, -0.25) is 0 Å². The molecule has 0 aliphatic carbocycles. The summed E-state index contributed by atoms with van der Waals surface area (Å²) in [5, 5.41) is 0. The molecule has 20 heavy (non-hydrogen) atoms. The van der Waals surface area contributed by atoms with Crippen LogP contribution in [0.1, 0.15) is 25.3 Å². The van der Waals surface area contributed by atoms with Gasteiger partial charge in [-0.1, -0.05) is 18.2 Å². The first-order valence-corrected chi connectivity index (χ1v) is 7.22. The van der Waals surface area contributed by atoms with E-state index in [2.05, 4.69) is 55.5 Å². The second-order valence-corrected chi connectivity index (χ2v) is 5.71.